The number of methoxy groups -OCH3 is 1. The summed E-state index contributed by atoms with van der Waals surface area (Å²) < 4.78 is 83.9. The summed E-state index contributed by atoms with van der Waals surface area (Å²) in [6.07, 6.45) is -3.11. The summed E-state index contributed by atoms with van der Waals surface area (Å²) in [4.78, 5) is 15.7. The maximum Gasteiger partial charge on any atom is 0.422 e. The number of benzene rings is 1. The quantitative estimate of drug-likeness (QED) is 0.328. The molecule has 1 heterocycles. The molecule has 1 saturated carbocycles. The van der Waals surface area contributed by atoms with Gasteiger partial charge in [0.25, 0.3) is 0 Å². The third-order valence-corrected chi connectivity index (χ3v) is 7.85. The van der Waals surface area contributed by atoms with Gasteiger partial charge in [0.15, 0.2) is 0 Å². The van der Waals surface area contributed by atoms with E-state index >= 15 is 0 Å². The summed E-state index contributed by atoms with van der Waals surface area (Å²) >= 11 is 5.98. The molecule has 15 heteroatoms. The molecule has 0 radical (unpaired) electrons. The molecule has 0 aliphatic heterocycles. The number of ether oxygens (including phenoxy) is 3. The Labute approximate surface area is 229 Å². The molecule has 1 aromatic carbocycles. The molecular formula is C24H29ClF3N3O7S. The first-order valence-electron chi connectivity index (χ1n) is 12.0. The lowest BCUT2D eigenvalue weighted by Gasteiger charge is -2.29. The number of pyridine rings is 1. The molecular weight excluding hydrogens is 567 g/mol. The number of hydrogen-bond acceptors (Lipinski definition) is 7. The second kappa shape index (κ2) is 13.0. The molecule has 10 nitrogen and oxygen atoms in total. The van der Waals surface area contributed by atoms with E-state index < -0.39 is 51.5 Å². The van der Waals surface area contributed by atoms with E-state index in [1.807, 2.05) is 0 Å². The third kappa shape index (κ3) is 8.59. The lowest BCUT2D eigenvalue weighted by molar-refractivity contribution is -0.137. The predicted molar refractivity (Wildman–Crippen MR) is 135 cm³/mol. The van der Waals surface area contributed by atoms with Gasteiger partial charge in [-0.1, -0.05) is 18.5 Å². The van der Waals surface area contributed by atoms with E-state index in [4.69, 9.17) is 25.8 Å². The first kappa shape index (κ1) is 30.7. The second-order valence-corrected chi connectivity index (χ2v) is 11.1. The summed E-state index contributed by atoms with van der Waals surface area (Å²) in [7, 11) is -3.00. The zero-order valence-electron chi connectivity index (χ0n) is 21.2. The van der Waals surface area contributed by atoms with Crippen LogP contribution in [0, 0.1) is 5.92 Å². The van der Waals surface area contributed by atoms with E-state index in [1.165, 1.54) is 25.3 Å². The zero-order valence-corrected chi connectivity index (χ0v) is 22.8. The molecule has 39 heavy (non-hydrogen) atoms. The monoisotopic (exact) mass is 595 g/mol. The van der Waals surface area contributed by atoms with Crippen LogP contribution < -0.4 is 14.2 Å². The van der Waals surface area contributed by atoms with Crippen LogP contribution in [0.25, 0.3) is 0 Å². The average molecular weight is 596 g/mol. The largest absolute Gasteiger partial charge is 0.491 e. The summed E-state index contributed by atoms with van der Waals surface area (Å²) in [5, 5.41) is 9.30. The lowest BCUT2D eigenvalue weighted by Crippen LogP contribution is -2.48. The van der Waals surface area contributed by atoms with E-state index in [9.17, 15) is 31.5 Å². The van der Waals surface area contributed by atoms with Crippen molar-refractivity contribution in [3.05, 3.63) is 46.6 Å². The smallest absolute Gasteiger partial charge is 0.422 e. The molecule has 0 spiro atoms. The number of carboxylic acid groups (broad SMARTS) is 1. The molecule has 3 rings (SSSR count). The first-order valence-corrected chi connectivity index (χ1v) is 13.8. The van der Waals surface area contributed by atoms with Crippen molar-refractivity contribution < 1.29 is 45.7 Å². The zero-order chi connectivity index (χ0) is 28.8. The van der Waals surface area contributed by atoms with Gasteiger partial charge in [0.1, 0.15) is 23.1 Å². The highest BCUT2D eigenvalue weighted by molar-refractivity contribution is 7.87. The fourth-order valence-corrected chi connectivity index (χ4v) is 5.42. The fraction of sp³-hybridized carbons (Fsp3) is 0.500. The van der Waals surface area contributed by atoms with Crippen molar-refractivity contribution in [3.63, 3.8) is 0 Å². The average Bonchev–Trinajstić information content (AvgIpc) is 2.85. The number of amides is 1. The van der Waals surface area contributed by atoms with Gasteiger partial charge in [-0.25, -0.2) is 9.78 Å². The van der Waals surface area contributed by atoms with Gasteiger partial charge in [-0.15, -0.1) is 0 Å². The fourth-order valence-electron chi connectivity index (χ4n) is 3.92. The molecule has 1 aliphatic rings. The number of nitrogens with zero attached hydrogens (tertiary/aromatic N) is 2. The van der Waals surface area contributed by atoms with Crippen molar-refractivity contribution >= 4 is 27.9 Å². The maximum absolute atomic E-state index is 13.0. The van der Waals surface area contributed by atoms with Crippen LogP contribution in [-0.2, 0) is 27.7 Å². The minimum Gasteiger partial charge on any atom is -0.491 e. The molecule has 0 atom stereocenters. The minimum atomic E-state index is -4.69. The Morgan fingerprint density at radius 3 is 2.49 bits per heavy atom. The van der Waals surface area contributed by atoms with E-state index in [0.717, 1.165) is 12.8 Å². The normalized spacial score (nSPS) is 18.0. The van der Waals surface area contributed by atoms with Crippen molar-refractivity contribution in [1.82, 2.24) is 14.0 Å². The number of hydrogen-bond donors (Lipinski definition) is 2. The van der Waals surface area contributed by atoms with Crippen molar-refractivity contribution in [2.75, 3.05) is 20.3 Å². The highest BCUT2D eigenvalue weighted by Crippen LogP contribution is 2.37. The Bertz CT molecular complexity index is 1260. The molecule has 2 aromatic rings. The van der Waals surface area contributed by atoms with Crippen LogP contribution in [0.3, 0.4) is 0 Å². The molecule has 1 fully saturated rings. The third-order valence-electron chi connectivity index (χ3n) is 6.09. The molecule has 216 valence electrons. The van der Waals surface area contributed by atoms with Gasteiger partial charge in [0.2, 0.25) is 5.88 Å². The molecule has 1 amide bonds. The van der Waals surface area contributed by atoms with Gasteiger partial charge in [-0.3, -0.25) is 0 Å². The van der Waals surface area contributed by atoms with Crippen molar-refractivity contribution in [3.8, 4) is 17.4 Å². The van der Waals surface area contributed by atoms with Crippen LogP contribution in [0.4, 0.5) is 18.0 Å². The van der Waals surface area contributed by atoms with Crippen molar-refractivity contribution in [2.45, 2.75) is 51.4 Å². The predicted octanol–water partition coefficient (Wildman–Crippen LogP) is 5.46. The second-order valence-electron chi connectivity index (χ2n) is 9.09. The Balaban J connectivity index is 1.91. The first-order chi connectivity index (χ1) is 18.3. The van der Waals surface area contributed by atoms with Crippen molar-refractivity contribution in [2.24, 2.45) is 5.92 Å². The molecule has 0 bridgehead atoms. The molecule has 1 aliphatic carbocycles. The maximum atomic E-state index is 13.0. The van der Waals surface area contributed by atoms with E-state index in [-0.39, 0.29) is 34.6 Å². The summed E-state index contributed by atoms with van der Waals surface area (Å²) in [6.45, 7) is 1.80. The number of alkyl halides is 3. The van der Waals surface area contributed by atoms with Gasteiger partial charge < -0.3 is 19.3 Å². The highest BCUT2D eigenvalue weighted by Gasteiger charge is 2.33. The number of aromatic nitrogens is 1. The van der Waals surface area contributed by atoms with E-state index in [2.05, 4.69) is 16.6 Å². The number of rotatable bonds is 11. The lowest BCUT2D eigenvalue weighted by atomic mass is 9.88. The van der Waals surface area contributed by atoms with Crippen molar-refractivity contribution in [1.29, 1.82) is 0 Å². The summed E-state index contributed by atoms with van der Waals surface area (Å²) in [5.74, 6) is 0.176. The van der Waals surface area contributed by atoms with Crippen LogP contribution in [0.5, 0.6) is 17.4 Å². The van der Waals surface area contributed by atoms with Crippen LogP contribution in [0.2, 0.25) is 5.02 Å². The van der Waals surface area contributed by atoms with Crippen LogP contribution in [0.1, 0.15) is 43.7 Å². The van der Waals surface area contributed by atoms with Crippen LogP contribution >= 0.6 is 11.6 Å². The van der Waals surface area contributed by atoms with E-state index in [0.29, 0.717) is 31.0 Å². The summed E-state index contributed by atoms with van der Waals surface area (Å²) in [6, 6.07) is 4.38. The van der Waals surface area contributed by atoms with E-state index in [1.54, 1.807) is 0 Å². The number of carbonyl (C=O) groups is 1. The highest BCUT2D eigenvalue weighted by atomic mass is 35.5. The molecule has 0 unspecified atom stereocenters. The Morgan fingerprint density at radius 1 is 1.21 bits per heavy atom. The molecule has 2 N–H and O–H groups in total. The van der Waals surface area contributed by atoms with Gasteiger partial charge in [0.05, 0.1) is 18.7 Å². The summed E-state index contributed by atoms with van der Waals surface area (Å²) in [5.41, 5.74) is -1.03. The Hall–Kier alpha value is -2.81. The van der Waals surface area contributed by atoms with Gasteiger partial charge in [-0.2, -0.15) is 30.6 Å². The molecule has 0 saturated heterocycles. The number of nitrogens with one attached hydrogen (secondary N) is 1. The minimum absolute atomic E-state index is 0.0666. The van der Waals surface area contributed by atoms with Gasteiger partial charge >= 0.3 is 22.5 Å². The standard InChI is InChI=1S/C24H29ClF3N3O7S/c1-15-3-6-18(7-4-15)30-39(34,35)31(23(32)33)14-16-5-8-19(37-10-9-36-2)12-21(16)38-22-20(25)11-17(13-29-22)24(26,27)28/h5,8,11-13,15,18,30H,3-4,6-7,9-10,14H2,1-2H3,(H,32,33). The van der Waals surface area contributed by atoms with Gasteiger partial charge in [0, 0.05) is 31.0 Å². The Morgan fingerprint density at radius 2 is 1.90 bits per heavy atom. The van der Waals surface area contributed by atoms with Gasteiger partial charge in [-0.05, 0) is 49.8 Å². The van der Waals surface area contributed by atoms with Crippen LogP contribution in [-0.4, -0.2) is 55.3 Å². The number of halogens is 4. The van der Waals surface area contributed by atoms with Crippen LogP contribution in [0.15, 0.2) is 30.5 Å². The topological polar surface area (TPSA) is 127 Å². The molecule has 1 aromatic heterocycles. The Kier molecular flexibility index (Phi) is 10.3. The SMILES string of the molecule is COCCOc1ccc(CN(C(=O)O)S(=O)(=O)NC2CCC(C)CC2)c(Oc2ncc(C(F)(F)F)cc2Cl)c1.